The molecule has 0 bridgehead atoms. The number of carbonyl (C=O) groups is 1. The van der Waals surface area contributed by atoms with Crippen LogP contribution in [0.4, 0.5) is 8.78 Å². The van der Waals surface area contributed by atoms with Gasteiger partial charge in [0.2, 0.25) is 0 Å². The number of hydrogen-bond donors (Lipinski definition) is 0. The number of amides is 1. The topological polar surface area (TPSA) is 33.2 Å². The van der Waals surface area contributed by atoms with Crippen molar-refractivity contribution >= 4 is 30.8 Å². The Hall–Kier alpha value is -1.79. The summed E-state index contributed by atoms with van der Waals surface area (Å²) in [7, 11) is -2.08. The van der Waals surface area contributed by atoms with Crippen LogP contribution in [0.15, 0.2) is 42.6 Å². The lowest BCUT2D eigenvalue weighted by Gasteiger charge is -2.33. The summed E-state index contributed by atoms with van der Waals surface area (Å²) in [6.45, 7) is 4.29. The summed E-state index contributed by atoms with van der Waals surface area (Å²) in [6, 6.07) is 10.8. The van der Waals surface area contributed by atoms with E-state index in [1.807, 2.05) is 24.3 Å². The van der Waals surface area contributed by atoms with Gasteiger partial charge in [-0.05, 0) is 36.2 Å². The minimum absolute atomic E-state index is 0.00152. The monoisotopic (exact) mass is 394 g/mol. The number of carbonyl (C=O) groups excluding carboxylic acids is 1. The maximum Gasteiger partial charge on any atom is 0.281 e. The highest BCUT2D eigenvalue weighted by Crippen LogP contribution is 2.31. The molecule has 138 valence electrons. The van der Waals surface area contributed by atoms with Gasteiger partial charge in [-0.1, -0.05) is 42.9 Å². The van der Waals surface area contributed by atoms with E-state index in [4.69, 9.17) is 11.6 Å². The van der Waals surface area contributed by atoms with Crippen molar-refractivity contribution in [1.82, 2.24) is 9.88 Å². The van der Waals surface area contributed by atoms with Crippen LogP contribution in [0.5, 0.6) is 0 Å². The average Bonchev–Trinajstić information content (AvgIpc) is 3.44. The summed E-state index contributed by atoms with van der Waals surface area (Å²) in [5, 5.41) is 1.77. The number of aromatic nitrogens is 1. The maximum absolute atomic E-state index is 13.3. The van der Waals surface area contributed by atoms with Crippen molar-refractivity contribution in [3.05, 3.63) is 58.9 Å². The van der Waals surface area contributed by atoms with E-state index in [1.165, 1.54) is 18.3 Å². The molecule has 1 heterocycles. The van der Waals surface area contributed by atoms with E-state index in [0.29, 0.717) is 11.2 Å². The van der Waals surface area contributed by atoms with Crippen molar-refractivity contribution in [3.8, 4) is 0 Å². The average molecular weight is 395 g/mol. The fourth-order valence-electron chi connectivity index (χ4n) is 3.20. The van der Waals surface area contributed by atoms with Gasteiger partial charge in [-0.3, -0.25) is 9.78 Å². The first-order valence-electron chi connectivity index (χ1n) is 8.60. The van der Waals surface area contributed by atoms with Crippen LogP contribution in [0.1, 0.15) is 35.3 Å². The number of halogens is 3. The van der Waals surface area contributed by atoms with Crippen molar-refractivity contribution in [1.29, 1.82) is 0 Å². The number of pyridine rings is 1. The molecular formula is C19H21ClF2N2OSi. The van der Waals surface area contributed by atoms with E-state index in [2.05, 4.69) is 18.1 Å². The van der Waals surface area contributed by atoms with E-state index in [1.54, 1.807) is 4.90 Å². The van der Waals surface area contributed by atoms with Crippen LogP contribution in [-0.4, -0.2) is 36.1 Å². The summed E-state index contributed by atoms with van der Waals surface area (Å²) < 4.78 is 26.6. The summed E-state index contributed by atoms with van der Waals surface area (Å²) in [5.74, 6) is -0.358. The molecule has 0 radical (unpaired) electrons. The Kier molecular flexibility index (Phi) is 5.44. The van der Waals surface area contributed by atoms with Crippen LogP contribution in [0.3, 0.4) is 0 Å². The second kappa shape index (κ2) is 7.45. The van der Waals surface area contributed by atoms with Crippen molar-refractivity contribution in [3.63, 3.8) is 0 Å². The van der Waals surface area contributed by atoms with E-state index in [0.717, 1.165) is 18.0 Å². The molecule has 0 saturated heterocycles. The van der Waals surface area contributed by atoms with Crippen LogP contribution in [0.2, 0.25) is 18.1 Å². The lowest BCUT2D eigenvalue weighted by atomic mass is 10.1. The molecular weight excluding hydrogens is 374 g/mol. The Morgan fingerprint density at radius 2 is 1.96 bits per heavy atom. The van der Waals surface area contributed by atoms with Gasteiger partial charge < -0.3 is 4.90 Å². The van der Waals surface area contributed by atoms with E-state index >= 15 is 0 Å². The molecule has 3 rings (SSSR count). The molecule has 0 aliphatic heterocycles. The molecule has 0 atom stereocenters. The molecule has 1 aliphatic rings. The summed E-state index contributed by atoms with van der Waals surface area (Å²) in [5.41, 5.74) is -0.446. The minimum Gasteiger partial charge on any atom is -0.338 e. The Morgan fingerprint density at radius 1 is 1.27 bits per heavy atom. The van der Waals surface area contributed by atoms with Crippen LogP contribution in [0, 0.1) is 0 Å². The molecule has 0 N–H and O–H groups in total. The SMILES string of the molecule is C[Si](C)(CN(C(=O)c1cccnc1C(F)F)C1CC1)c1ccccc1Cl. The summed E-state index contributed by atoms with van der Waals surface area (Å²) >= 11 is 6.37. The molecule has 1 fully saturated rings. The number of alkyl halides is 2. The second-order valence-electron chi connectivity index (χ2n) is 7.26. The van der Waals surface area contributed by atoms with Gasteiger partial charge in [-0.15, -0.1) is 0 Å². The quantitative estimate of drug-likeness (QED) is 0.679. The third-order valence-electron chi connectivity index (χ3n) is 4.69. The minimum atomic E-state index is -2.77. The molecule has 1 saturated carbocycles. The molecule has 7 heteroatoms. The lowest BCUT2D eigenvalue weighted by Crippen LogP contribution is -2.54. The Balaban J connectivity index is 1.91. The van der Waals surface area contributed by atoms with Gasteiger partial charge >= 0.3 is 0 Å². The third-order valence-corrected chi connectivity index (χ3v) is 8.21. The van der Waals surface area contributed by atoms with Gasteiger partial charge in [0, 0.05) is 23.4 Å². The highest BCUT2D eigenvalue weighted by molar-refractivity contribution is 6.91. The molecule has 1 aromatic heterocycles. The maximum atomic E-state index is 13.3. The largest absolute Gasteiger partial charge is 0.338 e. The predicted octanol–water partition coefficient (Wildman–Crippen LogP) is 4.43. The Morgan fingerprint density at radius 3 is 2.58 bits per heavy atom. The van der Waals surface area contributed by atoms with Crippen LogP contribution < -0.4 is 5.19 Å². The molecule has 1 amide bonds. The van der Waals surface area contributed by atoms with Gasteiger partial charge in [-0.25, -0.2) is 8.78 Å². The highest BCUT2D eigenvalue weighted by atomic mass is 35.5. The van der Waals surface area contributed by atoms with Crippen molar-refractivity contribution in [2.75, 3.05) is 6.17 Å². The van der Waals surface area contributed by atoms with E-state index in [9.17, 15) is 13.6 Å². The first-order valence-corrected chi connectivity index (χ1v) is 12.2. The zero-order valence-electron chi connectivity index (χ0n) is 14.8. The second-order valence-corrected chi connectivity index (χ2v) is 12.3. The smallest absolute Gasteiger partial charge is 0.281 e. The van der Waals surface area contributed by atoms with Crippen molar-refractivity contribution in [2.45, 2.75) is 38.4 Å². The van der Waals surface area contributed by atoms with Gasteiger partial charge in [0.05, 0.1) is 5.56 Å². The van der Waals surface area contributed by atoms with Crippen LogP contribution >= 0.6 is 11.6 Å². The Bertz CT molecular complexity index is 812. The van der Waals surface area contributed by atoms with Crippen molar-refractivity contribution in [2.24, 2.45) is 0 Å². The summed E-state index contributed by atoms with van der Waals surface area (Å²) in [4.78, 5) is 18.6. The zero-order chi connectivity index (χ0) is 18.9. The van der Waals surface area contributed by atoms with Crippen molar-refractivity contribution < 1.29 is 13.6 Å². The van der Waals surface area contributed by atoms with Crippen LogP contribution in [-0.2, 0) is 0 Å². The molecule has 2 aromatic rings. The standard InChI is InChI=1S/C19H21ClF2N2OSi/c1-26(2,16-8-4-3-7-15(16)20)12-24(13-9-10-13)19(25)14-6-5-11-23-17(14)18(21)22/h3-8,11,13,18H,9-10,12H2,1-2H3. The number of rotatable bonds is 6. The molecule has 0 spiro atoms. The van der Waals surface area contributed by atoms with Gasteiger partial charge in [0.25, 0.3) is 12.3 Å². The molecule has 3 nitrogen and oxygen atoms in total. The molecule has 1 aromatic carbocycles. The first kappa shape index (κ1) is 19.0. The fraction of sp³-hybridized carbons (Fsp3) is 0.368. The number of benzene rings is 1. The number of nitrogens with zero attached hydrogens (tertiary/aromatic N) is 2. The summed E-state index contributed by atoms with van der Waals surface area (Å²) in [6.07, 6.45) is 0.872. The van der Waals surface area contributed by atoms with E-state index in [-0.39, 0.29) is 17.5 Å². The van der Waals surface area contributed by atoms with Gasteiger partial charge in [-0.2, -0.15) is 0 Å². The van der Waals surface area contributed by atoms with Gasteiger partial charge in [0.1, 0.15) is 13.8 Å². The third kappa shape index (κ3) is 3.96. The predicted molar refractivity (Wildman–Crippen MR) is 102 cm³/mol. The fourth-order valence-corrected chi connectivity index (χ4v) is 6.81. The van der Waals surface area contributed by atoms with Crippen LogP contribution in [0.25, 0.3) is 0 Å². The normalized spacial score (nSPS) is 14.5. The van der Waals surface area contributed by atoms with E-state index < -0.39 is 20.2 Å². The lowest BCUT2D eigenvalue weighted by molar-refractivity contribution is 0.0755. The zero-order valence-corrected chi connectivity index (χ0v) is 16.5. The van der Waals surface area contributed by atoms with Gasteiger partial charge in [0.15, 0.2) is 0 Å². The first-order chi connectivity index (χ1) is 12.3. The Labute approximate surface area is 158 Å². The highest BCUT2D eigenvalue weighted by Gasteiger charge is 2.39. The molecule has 1 aliphatic carbocycles. The molecule has 26 heavy (non-hydrogen) atoms. The molecule has 0 unspecified atom stereocenters. The number of hydrogen-bond acceptors (Lipinski definition) is 2.